The van der Waals surface area contributed by atoms with Crippen molar-refractivity contribution in [3.05, 3.63) is 212 Å². The van der Waals surface area contributed by atoms with E-state index in [-0.39, 0.29) is 0 Å². The van der Waals surface area contributed by atoms with E-state index in [1.165, 1.54) is 21.5 Å². The van der Waals surface area contributed by atoms with Gasteiger partial charge in [-0.15, -0.1) is 0 Å². The minimum absolute atomic E-state index is 0.568. The molecule has 0 unspecified atom stereocenters. The number of hydrogen-bond acceptors (Lipinski definition) is 4. The standard InChI is InChI=1S/C59H35N5O/c1-3-14-38-32-42(26-24-36(38)12-1)57-60-58(43-27-25-37-13-2-4-15-39(37)33-43)62-59(61-57)64-51-21-9-6-17-45(51)49-35-41(29-31-53(49)64)40-28-30-52-48(34-40)44-16-5-8-20-50(44)63(52)54-22-11-19-47-46-18-7-10-23-55(46)65-56(47)54/h1-35H. The van der Waals surface area contributed by atoms with Crippen LogP contribution in [0.2, 0.25) is 0 Å². The van der Waals surface area contributed by atoms with E-state index in [0.717, 1.165) is 93.5 Å². The predicted molar refractivity (Wildman–Crippen MR) is 267 cm³/mol. The molecular weight excluding hydrogens is 795 g/mol. The smallest absolute Gasteiger partial charge is 0.238 e. The molecule has 65 heavy (non-hydrogen) atoms. The molecule has 0 saturated heterocycles. The van der Waals surface area contributed by atoms with Crippen molar-refractivity contribution in [1.29, 1.82) is 0 Å². The molecule has 4 heterocycles. The van der Waals surface area contributed by atoms with Crippen molar-refractivity contribution in [2.75, 3.05) is 0 Å². The van der Waals surface area contributed by atoms with Crippen LogP contribution in [0.1, 0.15) is 0 Å². The summed E-state index contributed by atoms with van der Waals surface area (Å²) >= 11 is 0. The molecule has 4 aromatic heterocycles. The van der Waals surface area contributed by atoms with Crippen LogP contribution in [0.4, 0.5) is 0 Å². The van der Waals surface area contributed by atoms with Gasteiger partial charge in [0.15, 0.2) is 17.2 Å². The Morgan fingerprint density at radius 2 is 0.785 bits per heavy atom. The van der Waals surface area contributed by atoms with Crippen LogP contribution in [0, 0.1) is 0 Å². The van der Waals surface area contributed by atoms with Crippen molar-refractivity contribution < 1.29 is 4.42 Å². The summed E-state index contributed by atoms with van der Waals surface area (Å²) in [6, 6.07) is 75.2. The van der Waals surface area contributed by atoms with Gasteiger partial charge in [0.2, 0.25) is 5.95 Å². The van der Waals surface area contributed by atoms with Gasteiger partial charge in [-0.05, 0) is 93.3 Å². The van der Waals surface area contributed by atoms with Crippen LogP contribution in [0.5, 0.6) is 0 Å². The molecule has 0 radical (unpaired) electrons. The molecule has 10 aromatic carbocycles. The zero-order chi connectivity index (χ0) is 42.6. The van der Waals surface area contributed by atoms with Crippen LogP contribution >= 0.6 is 0 Å². The highest BCUT2D eigenvalue weighted by molar-refractivity contribution is 6.14. The van der Waals surface area contributed by atoms with Crippen LogP contribution < -0.4 is 0 Å². The van der Waals surface area contributed by atoms with Crippen molar-refractivity contribution in [2.24, 2.45) is 0 Å². The minimum Gasteiger partial charge on any atom is -0.454 e. The van der Waals surface area contributed by atoms with Gasteiger partial charge in [0.1, 0.15) is 5.58 Å². The normalized spacial score (nSPS) is 12.0. The number of aromatic nitrogens is 5. The van der Waals surface area contributed by atoms with E-state index in [4.69, 9.17) is 19.4 Å². The molecule has 302 valence electrons. The number of rotatable bonds is 5. The Morgan fingerprint density at radius 1 is 0.308 bits per heavy atom. The highest BCUT2D eigenvalue weighted by Crippen LogP contribution is 2.41. The number of benzene rings is 10. The minimum atomic E-state index is 0.568. The first-order valence-corrected chi connectivity index (χ1v) is 21.9. The molecule has 0 fully saturated rings. The van der Waals surface area contributed by atoms with Gasteiger partial charge in [0.25, 0.3) is 0 Å². The Labute approximate surface area is 371 Å². The summed E-state index contributed by atoms with van der Waals surface area (Å²) in [4.78, 5) is 15.7. The summed E-state index contributed by atoms with van der Waals surface area (Å²) in [5.41, 5.74) is 11.2. The molecule has 0 amide bonds. The van der Waals surface area contributed by atoms with Gasteiger partial charge in [-0.3, -0.25) is 4.57 Å². The molecule has 0 N–H and O–H groups in total. The maximum Gasteiger partial charge on any atom is 0.238 e. The van der Waals surface area contributed by atoms with E-state index in [2.05, 4.69) is 209 Å². The summed E-state index contributed by atoms with van der Waals surface area (Å²) in [6.45, 7) is 0. The lowest BCUT2D eigenvalue weighted by Crippen LogP contribution is -2.06. The third kappa shape index (κ3) is 5.51. The van der Waals surface area contributed by atoms with Gasteiger partial charge in [-0.1, -0.05) is 152 Å². The Bertz CT molecular complexity index is 4170. The van der Waals surface area contributed by atoms with E-state index < -0.39 is 0 Å². The molecule has 0 aliphatic carbocycles. The SMILES string of the molecule is c1ccc2cc(-c3nc(-c4ccc5ccccc5c4)nc(-n4c5ccccc5c5cc(-c6ccc7c(c6)c6ccccc6n7-c6cccc7c6oc6ccccc67)ccc54)n3)ccc2c1. The molecule has 0 aliphatic rings. The lowest BCUT2D eigenvalue weighted by molar-refractivity contribution is 0.666. The van der Waals surface area contributed by atoms with Gasteiger partial charge in [-0.25, -0.2) is 4.98 Å². The fraction of sp³-hybridized carbons (Fsp3) is 0. The Balaban J connectivity index is 0.947. The van der Waals surface area contributed by atoms with Crippen molar-refractivity contribution in [1.82, 2.24) is 24.1 Å². The number of para-hydroxylation sites is 4. The third-order valence-electron chi connectivity index (χ3n) is 13.1. The third-order valence-corrected chi connectivity index (χ3v) is 13.1. The average molecular weight is 830 g/mol. The first-order valence-electron chi connectivity index (χ1n) is 21.9. The van der Waals surface area contributed by atoms with Crippen molar-refractivity contribution >= 4 is 87.1 Å². The van der Waals surface area contributed by atoms with Crippen molar-refractivity contribution in [2.45, 2.75) is 0 Å². The molecule has 14 rings (SSSR count). The second-order valence-electron chi connectivity index (χ2n) is 16.8. The predicted octanol–water partition coefficient (Wildman–Crippen LogP) is 15.3. The van der Waals surface area contributed by atoms with Crippen LogP contribution in [0.25, 0.3) is 133 Å². The molecule has 0 bridgehead atoms. The molecule has 0 saturated carbocycles. The fourth-order valence-electron chi connectivity index (χ4n) is 10.1. The van der Waals surface area contributed by atoms with E-state index in [1.807, 2.05) is 12.1 Å². The van der Waals surface area contributed by atoms with Crippen molar-refractivity contribution in [3.8, 4) is 45.5 Å². The van der Waals surface area contributed by atoms with Crippen LogP contribution in [0.15, 0.2) is 217 Å². The first-order chi connectivity index (χ1) is 32.2. The topological polar surface area (TPSA) is 61.7 Å². The highest BCUT2D eigenvalue weighted by atomic mass is 16.3. The van der Waals surface area contributed by atoms with E-state index in [0.29, 0.717) is 17.6 Å². The summed E-state index contributed by atoms with van der Waals surface area (Å²) < 4.78 is 11.1. The lowest BCUT2D eigenvalue weighted by Gasteiger charge is -2.12. The van der Waals surface area contributed by atoms with E-state index in [9.17, 15) is 0 Å². The van der Waals surface area contributed by atoms with Gasteiger partial charge in [-0.2, -0.15) is 9.97 Å². The second kappa shape index (κ2) is 13.8. The number of nitrogens with zero attached hydrogens (tertiary/aromatic N) is 5. The zero-order valence-electron chi connectivity index (χ0n) is 34.9. The molecule has 0 atom stereocenters. The molecule has 14 aromatic rings. The van der Waals surface area contributed by atoms with E-state index in [1.54, 1.807) is 0 Å². The maximum absolute atomic E-state index is 6.56. The molecule has 0 aliphatic heterocycles. The van der Waals surface area contributed by atoms with Crippen LogP contribution in [0.3, 0.4) is 0 Å². The van der Waals surface area contributed by atoms with Gasteiger partial charge >= 0.3 is 0 Å². The van der Waals surface area contributed by atoms with Crippen LogP contribution in [-0.4, -0.2) is 24.1 Å². The highest BCUT2D eigenvalue weighted by Gasteiger charge is 2.21. The van der Waals surface area contributed by atoms with Gasteiger partial charge in [0, 0.05) is 43.4 Å². The largest absolute Gasteiger partial charge is 0.454 e. The summed E-state index contributed by atoms with van der Waals surface area (Å²) in [5, 5.41) is 11.5. The number of hydrogen-bond donors (Lipinski definition) is 0. The summed E-state index contributed by atoms with van der Waals surface area (Å²) in [5.74, 6) is 1.81. The maximum atomic E-state index is 6.56. The van der Waals surface area contributed by atoms with Crippen LogP contribution in [-0.2, 0) is 0 Å². The Morgan fingerprint density at radius 3 is 1.42 bits per heavy atom. The van der Waals surface area contributed by atoms with Crippen molar-refractivity contribution in [3.63, 3.8) is 0 Å². The zero-order valence-corrected chi connectivity index (χ0v) is 34.9. The number of fused-ring (bicyclic) bond motifs is 11. The van der Waals surface area contributed by atoms with E-state index >= 15 is 0 Å². The lowest BCUT2D eigenvalue weighted by atomic mass is 10.0. The molecular formula is C59H35N5O. The molecule has 0 spiro atoms. The molecule has 6 nitrogen and oxygen atoms in total. The first kappa shape index (κ1) is 35.7. The summed E-state index contributed by atoms with van der Waals surface area (Å²) in [7, 11) is 0. The van der Waals surface area contributed by atoms with Gasteiger partial charge < -0.3 is 8.98 Å². The second-order valence-corrected chi connectivity index (χ2v) is 16.8. The summed E-state index contributed by atoms with van der Waals surface area (Å²) in [6.07, 6.45) is 0. The van der Waals surface area contributed by atoms with Gasteiger partial charge in [0.05, 0.1) is 27.8 Å². The quantitative estimate of drug-likeness (QED) is 0.173. The average Bonchev–Trinajstić information content (AvgIpc) is 4.03. The Kier molecular flexibility index (Phi) is 7.59. The molecule has 6 heteroatoms. The fourth-order valence-corrected chi connectivity index (χ4v) is 10.1. The monoisotopic (exact) mass is 829 g/mol. The number of furan rings is 1. The Hall–Kier alpha value is -8.87.